The number of ether oxygens (including phenoxy) is 1. The number of ketones is 1. The maximum atomic E-state index is 12.5. The molecule has 1 aliphatic carbocycles. The minimum absolute atomic E-state index is 0.233. The van der Waals surface area contributed by atoms with Crippen molar-refractivity contribution in [2.24, 2.45) is 0 Å². The summed E-state index contributed by atoms with van der Waals surface area (Å²) in [7, 11) is 0. The van der Waals surface area contributed by atoms with Crippen molar-refractivity contribution in [3.8, 4) is 0 Å². The van der Waals surface area contributed by atoms with Crippen molar-refractivity contribution in [3.05, 3.63) is 70.3 Å². The molecule has 0 aromatic heterocycles. The number of amides is 1. The van der Waals surface area contributed by atoms with Gasteiger partial charge >= 0.3 is 5.97 Å². The van der Waals surface area contributed by atoms with Crippen LogP contribution in [0.5, 0.6) is 0 Å². The predicted molar refractivity (Wildman–Crippen MR) is 102 cm³/mol. The van der Waals surface area contributed by atoms with Gasteiger partial charge in [-0.15, -0.1) is 0 Å². The van der Waals surface area contributed by atoms with E-state index in [0.29, 0.717) is 11.1 Å². The Balaban J connectivity index is 1.53. The van der Waals surface area contributed by atoms with Gasteiger partial charge in [-0.25, -0.2) is 0 Å². The van der Waals surface area contributed by atoms with Crippen molar-refractivity contribution in [1.29, 1.82) is 0 Å². The molecule has 1 N–H and O–H groups in total. The van der Waals surface area contributed by atoms with Crippen molar-refractivity contribution in [2.75, 3.05) is 6.54 Å². The first-order valence-corrected chi connectivity index (χ1v) is 9.15. The Morgan fingerprint density at radius 3 is 2.59 bits per heavy atom. The highest BCUT2D eigenvalue weighted by molar-refractivity contribution is 6.01. The number of hydrogen-bond donors (Lipinski definition) is 1. The molecule has 2 aromatic carbocycles. The van der Waals surface area contributed by atoms with Crippen LogP contribution < -0.4 is 5.32 Å². The van der Waals surface area contributed by atoms with Gasteiger partial charge in [0.15, 0.2) is 6.10 Å². The number of benzene rings is 2. The van der Waals surface area contributed by atoms with Gasteiger partial charge in [0.25, 0.3) is 5.91 Å². The largest absolute Gasteiger partial charge is 0.453 e. The Bertz CT molecular complexity index is 888. The molecule has 27 heavy (non-hydrogen) atoms. The van der Waals surface area contributed by atoms with Crippen LogP contribution >= 0.6 is 0 Å². The number of carbonyl (C=O) groups excluding carboxylic acids is 3. The highest BCUT2D eigenvalue weighted by Crippen LogP contribution is 2.23. The zero-order valence-electron chi connectivity index (χ0n) is 15.6. The molecule has 1 unspecified atom stereocenters. The molecular weight excluding hydrogens is 342 g/mol. The molecule has 1 amide bonds. The van der Waals surface area contributed by atoms with Gasteiger partial charge in [0.2, 0.25) is 5.78 Å². The van der Waals surface area contributed by atoms with Crippen LogP contribution in [-0.2, 0) is 22.4 Å². The number of carbonyl (C=O) groups is 3. The Morgan fingerprint density at radius 2 is 1.81 bits per heavy atom. The summed E-state index contributed by atoms with van der Waals surface area (Å²) in [6.07, 6.45) is 2.25. The molecule has 1 aliphatic rings. The highest BCUT2D eigenvalue weighted by Gasteiger charge is 2.22. The smallest absolute Gasteiger partial charge is 0.326 e. The zero-order valence-corrected chi connectivity index (χ0v) is 15.6. The molecule has 2 aromatic rings. The summed E-state index contributed by atoms with van der Waals surface area (Å²) in [4.78, 5) is 36.7. The van der Waals surface area contributed by atoms with Gasteiger partial charge in [-0.3, -0.25) is 14.4 Å². The van der Waals surface area contributed by atoms with Crippen molar-refractivity contribution in [1.82, 2.24) is 5.32 Å². The average molecular weight is 365 g/mol. The third-order valence-electron chi connectivity index (χ3n) is 4.84. The van der Waals surface area contributed by atoms with Gasteiger partial charge < -0.3 is 10.1 Å². The van der Waals surface area contributed by atoms with Gasteiger partial charge in [0.1, 0.15) is 6.54 Å². The molecule has 1 atom stereocenters. The normalized spacial score (nSPS) is 13.6. The van der Waals surface area contributed by atoms with E-state index >= 15 is 0 Å². The van der Waals surface area contributed by atoms with Crippen LogP contribution in [0.1, 0.15) is 50.8 Å². The first-order chi connectivity index (χ1) is 13.0. The number of Topliss-reactive ketones (excluding diaryl/α,β-unsaturated/α-hetero) is 1. The second-order valence-electron chi connectivity index (χ2n) is 6.83. The third kappa shape index (κ3) is 4.42. The van der Waals surface area contributed by atoms with Gasteiger partial charge in [0, 0.05) is 11.1 Å². The Morgan fingerprint density at radius 1 is 1.07 bits per heavy atom. The number of nitrogens with one attached hydrogen (secondary N) is 1. The zero-order chi connectivity index (χ0) is 19.4. The Labute approximate surface area is 158 Å². The maximum absolute atomic E-state index is 12.5. The van der Waals surface area contributed by atoms with Crippen molar-refractivity contribution < 1.29 is 19.1 Å². The summed E-state index contributed by atoms with van der Waals surface area (Å²) < 4.78 is 5.20. The maximum Gasteiger partial charge on any atom is 0.326 e. The molecule has 0 spiro atoms. The first-order valence-electron chi connectivity index (χ1n) is 9.15. The molecule has 0 saturated carbocycles. The third-order valence-corrected chi connectivity index (χ3v) is 4.84. The minimum atomic E-state index is -0.896. The van der Waals surface area contributed by atoms with Crippen molar-refractivity contribution in [3.63, 3.8) is 0 Å². The average Bonchev–Trinajstić information content (AvgIpc) is 3.13. The summed E-state index contributed by atoms with van der Waals surface area (Å²) in [5.41, 5.74) is 4.37. The SMILES string of the molecule is Cc1ccccc1C(=O)NCC(=O)OC(C)C(=O)c1ccc2c(c1)CCC2. The van der Waals surface area contributed by atoms with E-state index in [4.69, 9.17) is 4.74 Å². The van der Waals surface area contributed by atoms with E-state index in [2.05, 4.69) is 5.32 Å². The Kier molecular flexibility index (Phi) is 5.69. The molecule has 0 heterocycles. The lowest BCUT2D eigenvalue weighted by atomic mass is 10.0. The van der Waals surface area contributed by atoms with Crippen molar-refractivity contribution >= 4 is 17.7 Å². The van der Waals surface area contributed by atoms with Crippen LogP contribution in [0.3, 0.4) is 0 Å². The van der Waals surface area contributed by atoms with Crippen LogP contribution in [0, 0.1) is 6.92 Å². The van der Waals surface area contributed by atoms with Gasteiger partial charge in [0.05, 0.1) is 0 Å². The summed E-state index contributed by atoms with van der Waals surface area (Å²) in [6, 6.07) is 12.8. The lowest BCUT2D eigenvalue weighted by Gasteiger charge is -2.14. The molecule has 0 bridgehead atoms. The topological polar surface area (TPSA) is 72.5 Å². The number of fused-ring (bicyclic) bond motifs is 1. The highest BCUT2D eigenvalue weighted by atomic mass is 16.5. The van der Waals surface area contributed by atoms with Gasteiger partial charge in [-0.05, 0) is 61.9 Å². The van der Waals surface area contributed by atoms with E-state index in [1.54, 1.807) is 25.1 Å². The standard InChI is InChI=1S/C22H23NO4/c1-14-6-3-4-9-19(14)22(26)23-13-20(24)27-15(2)21(25)18-11-10-16-7-5-8-17(16)12-18/h3-4,6,9-12,15H,5,7-8,13H2,1-2H3,(H,23,26). The second kappa shape index (κ2) is 8.16. The van der Waals surface area contributed by atoms with Crippen LogP contribution in [0.4, 0.5) is 0 Å². The van der Waals surface area contributed by atoms with Crippen LogP contribution in [0.25, 0.3) is 0 Å². The fraction of sp³-hybridized carbons (Fsp3) is 0.318. The Hall–Kier alpha value is -2.95. The van der Waals surface area contributed by atoms with E-state index in [1.807, 2.05) is 31.2 Å². The lowest BCUT2D eigenvalue weighted by molar-refractivity contribution is -0.145. The van der Waals surface area contributed by atoms with E-state index in [-0.39, 0.29) is 18.2 Å². The number of rotatable bonds is 6. The predicted octanol–water partition coefficient (Wildman–Crippen LogP) is 3.03. The monoisotopic (exact) mass is 365 g/mol. The molecule has 0 aliphatic heterocycles. The molecular formula is C22H23NO4. The van der Waals surface area contributed by atoms with Crippen molar-refractivity contribution in [2.45, 2.75) is 39.2 Å². The summed E-state index contributed by atoms with van der Waals surface area (Å²) in [5.74, 6) is -1.22. The lowest BCUT2D eigenvalue weighted by Crippen LogP contribution is -2.34. The molecule has 0 saturated heterocycles. The number of hydrogen-bond acceptors (Lipinski definition) is 4. The first kappa shape index (κ1) is 18.8. The summed E-state index contributed by atoms with van der Waals surface area (Å²) >= 11 is 0. The van der Waals surface area contributed by atoms with Crippen LogP contribution in [0.2, 0.25) is 0 Å². The molecule has 5 nitrogen and oxygen atoms in total. The molecule has 3 rings (SSSR count). The van der Waals surface area contributed by atoms with E-state index in [9.17, 15) is 14.4 Å². The fourth-order valence-corrected chi connectivity index (χ4v) is 3.33. The van der Waals surface area contributed by atoms with Crippen LogP contribution in [-0.4, -0.2) is 30.3 Å². The van der Waals surface area contributed by atoms with Gasteiger partial charge in [-0.2, -0.15) is 0 Å². The fourth-order valence-electron chi connectivity index (χ4n) is 3.33. The second-order valence-corrected chi connectivity index (χ2v) is 6.83. The quantitative estimate of drug-likeness (QED) is 0.631. The number of esters is 1. The number of aryl methyl sites for hydroxylation is 3. The van der Waals surface area contributed by atoms with Gasteiger partial charge in [-0.1, -0.05) is 30.3 Å². The van der Waals surface area contributed by atoms with E-state index in [1.165, 1.54) is 11.1 Å². The molecule has 0 radical (unpaired) electrons. The summed E-state index contributed by atoms with van der Waals surface area (Å²) in [6.45, 7) is 3.09. The van der Waals surface area contributed by atoms with E-state index < -0.39 is 12.1 Å². The van der Waals surface area contributed by atoms with Crippen LogP contribution in [0.15, 0.2) is 42.5 Å². The summed E-state index contributed by atoms with van der Waals surface area (Å²) in [5, 5.41) is 2.53. The molecule has 5 heteroatoms. The minimum Gasteiger partial charge on any atom is -0.453 e. The molecule has 140 valence electrons. The molecule has 0 fully saturated rings. The van der Waals surface area contributed by atoms with E-state index in [0.717, 1.165) is 24.8 Å².